The highest BCUT2D eigenvalue weighted by Crippen LogP contribution is 2.23. The molecule has 2 aromatic heterocycles. The summed E-state index contributed by atoms with van der Waals surface area (Å²) >= 11 is 10.6. The molecule has 22 heavy (non-hydrogen) atoms. The van der Waals surface area contributed by atoms with Crippen molar-refractivity contribution >= 4 is 49.9 Å². The Bertz CT molecular complexity index is 815. The number of hydrogen-bond acceptors (Lipinski definition) is 4. The third-order valence-electron chi connectivity index (χ3n) is 2.87. The number of hydrogen-bond donors (Lipinski definition) is 1. The Morgan fingerprint density at radius 1 is 1.41 bits per heavy atom. The number of carbonyl (C=O) groups excluding carboxylic acids is 1. The Kier molecular flexibility index (Phi) is 4.61. The molecule has 112 valence electrons. The number of anilines is 1. The zero-order chi connectivity index (χ0) is 15.5. The van der Waals surface area contributed by atoms with E-state index in [9.17, 15) is 4.79 Å². The average Bonchev–Trinajstić information content (AvgIpc) is 3.08. The molecule has 0 bridgehead atoms. The molecule has 0 saturated heterocycles. The fraction of sp³-hybridized carbons (Fsp3) is 0.0667. The Labute approximate surface area is 144 Å². The summed E-state index contributed by atoms with van der Waals surface area (Å²) in [5, 5.41) is 4.01. The lowest BCUT2D eigenvalue weighted by Crippen LogP contribution is -2.10. The van der Waals surface area contributed by atoms with Gasteiger partial charge in [0.15, 0.2) is 9.80 Å². The van der Waals surface area contributed by atoms with E-state index < -0.39 is 0 Å². The van der Waals surface area contributed by atoms with Crippen molar-refractivity contribution in [3.63, 3.8) is 0 Å². The normalized spacial score (nSPS) is 10.6. The fourth-order valence-electron chi connectivity index (χ4n) is 1.89. The molecule has 2 heterocycles. The van der Waals surface area contributed by atoms with Gasteiger partial charge in [-0.05, 0) is 33.6 Å². The molecule has 0 aliphatic rings. The third-order valence-corrected chi connectivity index (χ3v) is 4.43. The van der Waals surface area contributed by atoms with Crippen molar-refractivity contribution in [1.82, 2.24) is 4.98 Å². The van der Waals surface area contributed by atoms with Crippen LogP contribution in [0.25, 0.3) is 0 Å². The highest BCUT2D eigenvalue weighted by Gasteiger charge is 2.12. The maximum absolute atomic E-state index is 12.0. The van der Waals surface area contributed by atoms with Crippen molar-refractivity contribution in [3.05, 3.63) is 68.5 Å². The Balaban J connectivity index is 1.67. The quantitative estimate of drug-likeness (QED) is 0.674. The molecule has 1 N–H and O–H groups in total. The largest absolute Gasteiger partial charge is 0.457 e. The van der Waals surface area contributed by atoms with Gasteiger partial charge >= 0.3 is 0 Å². The van der Waals surface area contributed by atoms with Crippen LogP contribution in [0.5, 0.6) is 0 Å². The second kappa shape index (κ2) is 6.64. The number of carbonyl (C=O) groups is 1. The molecule has 0 radical (unpaired) electrons. The molecule has 1 aromatic carbocycles. The number of halogens is 2. The highest BCUT2D eigenvalue weighted by atomic mass is 79.9. The van der Waals surface area contributed by atoms with Gasteiger partial charge in [0.2, 0.25) is 0 Å². The average molecular weight is 398 g/mol. The SMILES string of the molecule is O=C(Nc1ncc(Cc2cccc(Cl)c2)s1)c1coc(Br)c1. The number of nitrogens with one attached hydrogen (secondary N) is 1. The molecule has 3 rings (SSSR count). The van der Waals surface area contributed by atoms with Gasteiger partial charge in [0.25, 0.3) is 5.91 Å². The molecule has 0 saturated carbocycles. The van der Waals surface area contributed by atoms with Crippen LogP contribution in [-0.2, 0) is 6.42 Å². The van der Waals surface area contributed by atoms with Crippen molar-refractivity contribution in [2.75, 3.05) is 5.32 Å². The Morgan fingerprint density at radius 2 is 2.27 bits per heavy atom. The molecule has 7 heteroatoms. The fourth-order valence-corrected chi connectivity index (χ4v) is 3.29. The van der Waals surface area contributed by atoms with Crippen LogP contribution in [0.1, 0.15) is 20.8 Å². The van der Waals surface area contributed by atoms with Gasteiger partial charge in [0.05, 0.1) is 5.56 Å². The van der Waals surface area contributed by atoms with Crippen LogP contribution in [0, 0.1) is 0 Å². The summed E-state index contributed by atoms with van der Waals surface area (Å²) in [5.74, 6) is -0.252. The summed E-state index contributed by atoms with van der Waals surface area (Å²) in [6.07, 6.45) is 3.87. The molecule has 0 aliphatic carbocycles. The Hall–Kier alpha value is -1.63. The van der Waals surface area contributed by atoms with Crippen LogP contribution >= 0.6 is 38.9 Å². The number of nitrogens with zero attached hydrogens (tertiary/aromatic N) is 1. The summed E-state index contributed by atoms with van der Waals surface area (Å²) in [6, 6.07) is 9.29. The summed E-state index contributed by atoms with van der Waals surface area (Å²) in [6.45, 7) is 0. The van der Waals surface area contributed by atoms with Crippen LogP contribution < -0.4 is 5.32 Å². The van der Waals surface area contributed by atoms with Crippen molar-refractivity contribution in [2.45, 2.75) is 6.42 Å². The molecule has 0 atom stereocenters. The first-order valence-electron chi connectivity index (χ1n) is 6.35. The second-order valence-electron chi connectivity index (χ2n) is 4.53. The minimum absolute atomic E-state index is 0.252. The van der Waals surface area contributed by atoms with Gasteiger partial charge in [-0.2, -0.15) is 0 Å². The smallest absolute Gasteiger partial charge is 0.260 e. The number of benzene rings is 1. The summed E-state index contributed by atoms with van der Waals surface area (Å²) in [7, 11) is 0. The van der Waals surface area contributed by atoms with Crippen LogP contribution in [-0.4, -0.2) is 10.9 Å². The van der Waals surface area contributed by atoms with Crippen LogP contribution in [0.3, 0.4) is 0 Å². The third kappa shape index (κ3) is 3.76. The maximum atomic E-state index is 12.0. The molecule has 0 unspecified atom stereocenters. The zero-order valence-corrected chi connectivity index (χ0v) is 14.3. The standard InChI is InChI=1S/C15H10BrClN2O2S/c16-13-6-10(8-21-13)14(20)19-15-18-7-12(22-15)5-9-2-1-3-11(17)4-9/h1-4,6-8H,5H2,(H,18,19,20). The number of thiazole rings is 1. The van der Waals surface area contributed by atoms with E-state index in [4.69, 9.17) is 16.0 Å². The number of amides is 1. The molecule has 0 spiro atoms. The van der Waals surface area contributed by atoms with Gasteiger partial charge in [-0.15, -0.1) is 11.3 Å². The number of aromatic nitrogens is 1. The molecular weight excluding hydrogens is 388 g/mol. The number of rotatable bonds is 4. The van der Waals surface area contributed by atoms with E-state index >= 15 is 0 Å². The van der Waals surface area contributed by atoms with Crippen LogP contribution in [0.4, 0.5) is 5.13 Å². The first kappa shape index (κ1) is 15.3. The van der Waals surface area contributed by atoms with E-state index in [1.807, 2.05) is 24.3 Å². The van der Waals surface area contributed by atoms with E-state index in [0.717, 1.165) is 16.9 Å². The summed E-state index contributed by atoms with van der Waals surface area (Å²) in [4.78, 5) is 17.3. The minimum Gasteiger partial charge on any atom is -0.457 e. The molecular formula is C15H10BrClN2O2S. The molecule has 3 aromatic rings. The molecule has 4 nitrogen and oxygen atoms in total. The monoisotopic (exact) mass is 396 g/mol. The van der Waals surface area contributed by atoms with Gasteiger partial charge in [-0.1, -0.05) is 23.7 Å². The van der Waals surface area contributed by atoms with E-state index in [1.165, 1.54) is 17.6 Å². The van der Waals surface area contributed by atoms with Crippen molar-refractivity contribution < 1.29 is 9.21 Å². The topological polar surface area (TPSA) is 55.1 Å². The summed E-state index contributed by atoms with van der Waals surface area (Å²) in [5.41, 5.74) is 1.55. The van der Waals surface area contributed by atoms with Crippen LogP contribution in [0.15, 0.2) is 51.9 Å². The van der Waals surface area contributed by atoms with Crippen molar-refractivity contribution in [1.29, 1.82) is 0 Å². The van der Waals surface area contributed by atoms with E-state index in [-0.39, 0.29) is 5.91 Å². The van der Waals surface area contributed by atoms with E-state index in [0.29, 0.717) is 20.4 Å². The predicted octanol–water partition coefficient (Wildman–Crippen LogP) is 5.00. The van der Waals surface area contributed by atoms with E-state index in [1.54, 1.807) is 12.3 Å². The van der Waals surface area contributed by atoms with E-state index in [2.05, 4.69) is 26.2 Å². The van der Waals surface area contributed by atoms with Crippen molar-refractivity contribution in [3.8, 4) is 0 Å². The zero-order valence-electron chi connectivity index (χ0n) is 11.2. The maximum Gasteiger partial charge on any atom is 0.260 e. The first-order valence-corrected chi connectivity index (χ1v) is 8.33. The lowest BCUT2D eigenvalue weighted by atomic mass is 10.1. The second-order valence-corrected chi connectivity index (χ2v) is 6.87. The lowest BCUT2D eigenvalue weighted by Gasteiger charge is -1.99. The summed E-state index contributed by atoms with van der Waals surface area (Å²) < 4.78 is 5.56. The number of furan rings is 1. The van der Waals surface area contributed by atoms with Gasteiger partial charge in [-0.3, -0.25) is 10.1 Å². The predicted molar refractivity (Wildman–Crippen MR) is 90.7 cm³/mol. The highest BCUT2D eigenvalue weighted by molar-refractivity contribution is 9.10. The van der Waals surface area contributed by atoms with Gasteiger partial charge < -0.3 is 4.42 Å². The van der Waals surface area contributed by atoms with Gasteiger partial charge in [-0.25, -0.2) is 4.98 Å². The molecule has 0 fully saturated rings. The van der Waals surface area contributed by atoms with Crippen LogP contribution in [0.2, 0.25) is 5.02 Å². The lowest BCUT2D eigenvalue weighted by molar-refractivity contribution is 0.102. The minimum atomic E-state index is -0.252. The van der Waals surface area contributed by atoms with Gasteiger partial charge in [0.1, 0.15) is 6.26 Å². The van der Waals surface area contributed by atoms with Crippen molar-refractivity contribution in [2.24, 2.45) is 0 Å². The first-order chi connectivity index (χ1) is 10.6. The Morgan fingerprint density at radius 3 is 3.00 bits per heavy atom. The molecule has 1 amide bonds. The van der Waals surface area contributed by atoms with Gasteiger partial charge in [0, 0.05) is 28.6 Å². The molecule has 0 aliphatic heterocycles.